The van der Waals surface area contributed by atoms with Crippen LogP contribution in [0.5, 0.6) is 11.5 Å². The summed E-state index contributed by atoms with van der Waals surface area (Å²) >= 11 is 7.05. The first-order chi connectivity index (χ1) is 13.9. The Hall–Kier alpha value is -2.97. The SMILES string of the molecule is CCOc1cc(/C=C2\SC(=O)N(c3ccccc3)C2=O)cc(Cl)c1OCC(=O)O. The largest absolute Gasteiger partial charge is 0.490 e. The van der Waals surface area contributed by atoms with E-state index in [1.807, 2.05) is 0 Å². The molecule has 1 aliphatic rings. The van der Waals surface area contributed by atoms with Crippen LogP contribution >= 0.6 is 23.4 Å². The van der Waals surface area contributed by atoms with Crippen LogP contribution in [0.1, 0.15) is 12.5 Å². The van der Waals surface area contributed by atoms with Crippen LogP contribution in [-0.2, 0) is 9.59 Å². The van der Waals surface area contributed by atoms with Gasteiger partial charge in [-0.2, -0.15) is 0 Å². The van der Waals surface area contributed by atoms with Gasteiger partial charge in [0.2, 0.25) is 0 Å². The minimum Gasteiger partial charge on any atom is -0.490 e. The number of benzene rings is 2. The second kappa shape index (κ2) is 9.02. The summed E-state index contributed by atoms with van der Waals surface area (Å²) in [6, 6.07) is 11.7. The zero-order valence-electron chi connectivity index (χ0n) is 15.3. The van der Waals surface area contributed by atoms with Crippen LogP contribution in [0.15, 0.2) is 47.4 Å². The Balaban J connectivity index is 1.92. The third-order valence-electron chi connectivity index (χ3n) is 3.78. The maximum absolute atomic E-state index is 12.7. The number of para-hydroxylation sites is 1. The molecule has 0 atom stereocenters. The van der Waals surface area contributed by atoms with E-state index in [1.54, 1.807) is 43.3 Å². The number of carboxylic acid groups (broad SMARTS) is 1. The Morgan fingerprint density at radius 1 is 1.21 bits per heavy atom. The van der Waals surface area contributed by atoms with Crippen molar-refractivity contribution in [3.63, 3.8) is 0 Å². The van der Waals surface area contributed by atoms with Gasteiger partial charge in [-0.3, -0.25) is 9.59 Å². The number of amides is 2. The highest BCUT2D eigenvalue weighted by molar-refractivity contribution is 8.19. The number of imide groups is 1. The first-order valence-corrected chi connectivity index (χ1v) is 9.74. The third kappa shape index (κ3) is 4.72. The van der Waals surface area contributed by atoms with E-state index >= 15 is 0 Å². The van der Waals surface area contributed by atoms with Gasteiger partial charge in [0.1, 0.15) is 0 Å². The smallest absolute Gasteiger partial charge is 0.341 e. The first kappa shape index (κ1) is 20.8. The number of thioether (sulfide) groups is 1. The lowest BCUT2D eigenvalue weighted by atomic mass is 10.1. The Bertz CT molecular complexity index is 992. The molecule has 1 N–H and O–H groups in total. The fraction of sp³-hybridized carbons (Fsp3) is 0.150. The van der Waals surface area contributed by atoms with Gasteiger partial charge in [-0.15, -0.1) is 0 Å². The number of nitrogens with zero attached hydrogens (tertiary/aromatic N) is 1. The minimum absolute atomic E-state index is 0.102. The Labute approximate surface area is 175 Å². The van der Waals surface area contributed by atoms with Crippen molar-refractivity contribution in [2.24, 2.45) is 0 Å². The molecular formula is C20H16ClNO6S. The van der Waals surface area contributed by atoms with Crippen molar-refractivity contribution in [2.45, 2.75) is 6.92 Å². The zero-order valence-corrected chi connectivity index (χ0v) is 16.8. The second-order valence-electron chi connectivity index (χ2n) is 5.80. The number of halogens is 1. The molecule has 2 aromatic rings. The van der Waals surface area contributed by atoms with Gasteiger partial charge in [0.05, 0.1) is 22.2 Å². The fourth-order valence-corrected chi connectivity index (χ4v) is 3.74. The molecule has 9 heteroatoms. The van der Waals surface area contributed by atoms with Crippen LogP contribution < -0.4 is 14.4 Å². The summed E-state index contributed by atoms with van der Waals surface area (Å²) in [5.41, 5.74) is 1.00. The van der Waals surface area contributed by atoms with Crippen molar-refractivity contribution in [2.75, 3.05) is 18.1 Å². The number of ether oxygens (including phenoxy) is 2. The molecule has 0 aromatic heterocycles. The summed E-state index contributed by atoms with van der Waals surface area (Å²) in [4.78, 5) is 37.2. The highest BCUT2D eigenvalue weighted by Gasteiger charge is 2.36. The van der Waals surface area contributed by atoms with Crippen molar-refractivity contribution in [1.29, 1.82) is 0 Å². The molecule has 2 aromatic carbocycles. The normalized spacial score (nSPS) is 15.1. The summed E-state index contributed by atoms with van der Waals surface area (Å²) in [5, 5.41) is 8.54. The fourth-order valence-electron chi connectivity index (χ4n) is 2.63. The molecular weight excluding hydrogens is 418 g/mol. The van der Waals surface area contributed by atoms with Crippen LogP contribution in [0.25, 0.3) is 6.08 Å². The lowest BCUT2D eigenvalue weighted by molar-refractivity contribution is -0.139. The molecule has 1 heterocycles. The van der Waals surface area contributed by atoms with Crippen molar-refractivity contribution in [1.82, 2.24) is 0 Å². The van der Waals surface area contributed by atoms with E-state index in [-0.39, 0.29) is 21.4 Å². The molecule has 1 fully saturated rings. The Kier molecular flexibility index (Phi) is 6.46. The van der Waals surface area contributed by atoms with Gasteiger partial charge in [0.15, 0.2) is 18.1 Å². The van der Waals surface area contributed by atoms with Crippen molar-refractivity contribution in [3.05, 3.63) is 58.0 Å². The number of anilines is 1. The molecule has 0 aliphatic carbocycles. The molecule has 0 bridgehead atoms. The van der Waals surface area contributed by atoms with Crippen molar-refractivity contribution < 1.29 is 29.0 Å². The number of carbonyl (C=O) groups excluding carboxylic acids is 2. The van der Waals surface area contributed by atoms with Crippen LogP contribution in [0.3, 0.4) is 0 Å². The average molecular weight is 434 g/mol. The first-order valence-electron chi connectivity index (χ1n) is 8.54. The third-order valence-corrected chi connectivity index (χ3v) is 4.93. The van der Waals surface area contributed by atoms with Gasteiger partial charge in [-0.05, 0) is 54.6 Å². The predicted molar refractivity (Wildman–Crippen MR) is 111 cm³/mol. The lowest BCUT2D eigenvalue weighted by Crippen LogP contribution is -2.27. The number of hydrogen-bond donors (Lipinski definition) is 1. The monoisotopic (exact) mass is 433 g/mol. The molecule has 2 amide bonds. The van der Waals surface area contributed by atoms with E-state index in [0.29, 0.717) is 17.9 Å². The molecule has 0 saturated carbocycles. The second-order valence-corrected chi connectivity index (χ2v) is 7.20. The highest BCUT2D eigenvalue weighted by atomic mass is 35.5. The number of carboxylic acids is 1. The average Bonchev–Trinajstić information content (AvgIpc) is 2.95. The molecule has 0 unspecified atom stereocenters. The van der Waals surface area contributed by atoms with E-state index in [2.05, 4.69) is 0 Å². The van der Waals surface area contributed by atoms with Gasteiger partial charge in [0, 0.05) is 0 Å². The van der Waals surface area contributed by atoms with E-state index < -0.39 is 23.7 Å². The molecule has 7 nitrogen and oxygen atoms in total. The van der Waals surface area contributed by atoms with Crippen molar-refractivity contribution in [3.8, 4) is 11.5 Å². The number of carbonyl (C=O) groups is 3. The minimum atomic E-state index is -1.15. The Morgan fingerprint density at radius 2 is 1.93 bits per heavy atom. The van der Waals surface area contributed by atoms with E-state index in [0.717, 1.165) is 16.7 Å². The zero-order chi connectivity index (χ0) is 21.0. The number of hydrogen-bond acceptors (Lipinski definition) is 6. The molecule has 29 heavy (non-hydrogen) atoms. The number of aliphatic carboxylic acids is 1. The predicted octanol–water partition coefficient (Wildman–Crippen LogP) is 4.44. The molecule has 1 saturated heterocycles. The number of rotatable bonds is 7. The summed E-state index contributed by atoms with van der Waals surface area (Å²) in [6.45, 7) is 1.48. The molecule has 0 spiro atoms. The van der Waals surface area contributed by atoms with Crippen molar-refractivity contribution >= 4 is 52.2 Å². The molecule has 1 aliphatic heterocycles. The maximum Gasteiger partial charge on any atom is 0.341 e. The van der Waals surface area contributed by atoms with Gasteiger partial charge in [-0.25, -0.2) is 9.69 Å². The van der Waals surface area contributed by atoms with E-state index in [9.17, 15) is 14.4 Å². The highest BCUT2D eigenvalue weighted by Crippen LogP contribution is 2.40. The summed E-state index contributed by atoms with van der Waals surface area (Å²) in [6.07, 6.45) is 1.53. The van der Waals surface area contributed by atoms with E-state index in [4.69, 9.17) is 26.2 Å². The topological polar surface area (TPSA) is 93.1 Å². The standard InChI is InChI=1S/C20H16ClNO6S/c1-2-27-15-9-12(8-14(21)18(15)28-11-17(23)24)10-16-19(25)22(20(26)29-16)13-6-4-3-5-7-13/h3-10H,2,11H2,1H3,(H,23,24)/b16-10-. The van der Waals surface area contributed by atoms with Gasteiger partial charge >= 0.3 is 5.97 Å². The van der Waals surface area contributed by atoms with Crippen LogP contribution in [-0.4, -0.2) is 35.4 Å². The van der Waals surface area contributed by atoms with Crippen LogP contribution in [0, 0.1) is 0 Å². The van der Waals surface area contributed by atoms with Gasteiger partial charge < -0.3 is 14.6 Å². The molecule has 0 radical (unpaired) electrons. The summed E-state index contributed by atoms with van der Waals surface area (Å²) in [5.74, 6) is -1.24. The van der Waals surface area contributed by atoms with Gasteiger partial charge in [-0.1, -0.05) is 29.8 Å². The maximum atomic E-state index is 12.7. The van der Waals surface area contributed by atoms with E-state index in [1.165, 1.54) is 12.1 Å². The quantitative estimate of drug-likeness (QED) is 0.645. The van der Waals surface area contributed by atoms with Crippen LogP contribution in [0.2, 0.25) is 5.02 Å². The molecule has 3 rings (SSSR count). The van der Waals surface area contributed by atoms with Crippen LogP contribution in [0.4, 0.5) is 10.5 Å². The molecule has 150 valence electrons. The Morgan fingerprint density at radius 3 is 2.59 bits per heavy atom. The summed E-state index contributed by atoms with van der Waals surface area (Å²) < 4.78 is 10.7. The lowest BCUT2D eigenvalue weighted by Gasteiger charge is -2.13. The summed E-state index contributed by atoms with van der Waals surface area (Å²) in [7, 11) is 0. The van der Waals surface area contributed by atoms with Gasteiger partial charge in [0.25, 0.3) is 11.1 Å².